The van der Waals surface area contributed by atoms with Crippen molar-refractivity contribution in [2.75, 3.05) is 0 Å². The average Bonchev–Trinajstić information content (AvgIpc) is 2.70. The predicted molar refractivity (Wildman–Crippen MR) is 108 cm³/mol. The topological polar surface area (TPSA) is 34.9 Å². The third-order valence-electron chi connectivity index (χ3n) is 4.50. The Morgan fingerprint density at radius 3 is 1.97 bits per heavy atom. The van der Waals surface area contributed by atoms with Gasteiger partial charge in [-0.1, -0.05) is 23.2 Å². The molecule has 3 nitrogen and oxygen atoms in total. The van der Waals surface area contributed by atoms with Crippen molar-refractivity contribution in [3.8, 4) is 16.9 Å². The number of fused-ring (bicyclic) bond motifs is 1. The Balaban J connectivity index is 2.01. The molecule has 30 heavy (non-hydrogen) atoms. The Morgan fingerprint density at radius 1 is 0.833 bits per heavy atom. The molecule has 0 radical (unpaired) electrons. The van der Waals surface area contributed by atoms with E-state index >= 15 is 0 Å². The smallest absolute Gasteiger partial charge is 0.267 e. The van der Waals surface area contributed by atoms with E-state index in [1.165, 1.54) is 36.4 Å². The van der Waals surface area contributed by atoms with Gasteiger partial charge in [-0.25, -0.2) is 4.39 Å². The molecular weight excluding hydrogens is 443 g/mol. The molecule has 0 aliphatic heterocycles. The number of halogens is 6. The fraction of sp³-hybridized carbons (Fsp3) is 0.0476. The van der Waals surface area contributed by atoms with Crippen molar-refractivity contribution < 1.29 is 17.6 Å². The molecule has 1 aromatic heterocycles. The Bertz CT molecular complexity index is 1310. The summed E-state index contributed by atoms with van der Waals surface area (Å²) in [5, 5.41) is 5.21. The van der Waals surface area contributed by atoms with Gasteiger partial charge in [0.1, 0.15) is 5.82 Å². The first kappa shape index (κ1) is 20.4. The summed E-state index contributed by atoms with van der Waals surface area (Å²) in [5.74, 6) is -0.458. The first-order valence-corrected chi connectivity index (χ1v) is 9.26. The molecule has 0 saturated carbocycles. The van der Waals surface area contributed by atoms with Crippen LogP contribution in [0.5, 0.6) is 0 Å². The van der Waals surface area contributed by atoms with Crippen molar-refractivity contribution in [1.82, 2.24) is 9.78 Å². The van der Waals surface area contributed by atoms with Crippen molar-refractivity contribution >= 4 is 34.0 Å². The first-order chi connectivity index (χ1) is 14.1. The van der Waals surface area contributed by atoms with Gasteiger partial charge in [-0.2, -0.15) is 23.0 Å². The lowest BCUT2D eigenvalue weighted by Crippen LogP contribution is -2.22. The molecule has 9 heteroatoms. The lowest BCUT2D eigenvalue weighted by molar-refractivity contribution is -0.137. The third-order valence-corrected chi connectivity index (χ3v) is 5.22. The van der Waals surface area contributed by atoms with Gasteiger partial charge in [0.25, 0.3) is 5.56 Å². The second kappa shape index (κ2) is 7.41. The van der Waals surface area contributed by atoms with Crippen LogP contribution in [-0.2, 0) is 6.18 Å². The zero-order valence-corrected chi connectivity index (χ0v) is 16.4. The number of hydrogen-bond donors (Lipinski definition) is 0. The minimum atomic E-state index is -4.51. The van der Waals surface area contributed by atoms with Crippen LogP contribution in [0.15, 0.2) is 65.5 Å². The average molecular weight is 453 g/mol. The second-order valence-electron chi connectivity index (χ2n) is 6.43. The maximum atomic E-state index is 13.4. The molecule has 4 aromatic rings. The molecule has 0 aliphatic rings. The normalized spacial score (nSPS) is 11.8. The van der Waals surface area contributed by atoms with Gasteiger partial charge in [0.15, 0.2) is 0 Å². The maximum absolute atomic E-state index is 13.4. The van der Waals surface area contributed by atoms with Gasteiger partial charge in [-0.15, -0.1) is 0 Å². The summed E-state index contributed by atoms with van der Waals surface area (Å²) in [4.78, 5) is 13.0. The molecule has 0 atom stereocenters. The van der Waals surface area contributed by atoms with Crippen LogP contribution in [0, 0.1) is 5.82 Å². The molecule has 0 spiro atoms. The number of hydrogen-bond acceptors (Lipinski definition) is 2. The molecule has 3 aromatic carbocycles. The van der Waals surface area contributed by atoms with Gasteiger partial charge in [0.2, 0.25) is 0 Å². The Hall–Kier alpha value is -2.90. The predicted octanol–water partition coefficient (Wildman–Crippen LogP) is 6.52. The van der Waals surface area contributed by atoms with E-state index in [2.05, 4.69) is 5.10 Å². The first-order valence-electron chi connectivity index (χ1n) is 8.51. The Morgan fingerprint density at radius 2 is 1.40 bits per heavy atom. The highest BCUT2D eigenvalue weighted by atomic mass is 35.5. The van der Waals surface area contributed by atoms with Crippen molar-refractivity contribution in [1.29, 1.82) is 0 Å². The standard InChI is InChI=1S/C21H10Cl2F4N2O/c22-17-9-15-16(10-18(17)23)20(30)29(14-7-3-12(4-8-14)21(25,26)27)28-19(15)11-1-5-13(24)6-2-11/h1-10H. The van der Waals surface area contributed by atoms with Crippen LogP contribution in [0.1, 0.15) is 5.56 Å². The maximum Gasteiger partial charge on any atom is 0.416 e. The molecule has 0 amide bonds. The summed E-state index contributed by atoms with van der Waals surface area (Å²) in [7, 11) is 0. The Labute approximate surface area is 177 Å². The van der Waals surface area contributed by atoms with E-state index in [0.29, 0.717) is 16.6 Å². The third kappa shape index (κ3) is 3.66. The molecule has 0 fully saturated rings. The summed E-state index contributed by atoms with van der Waals surface area (Å²) >= 11 is 12.2. The zero-order chi connectivity index (χ0) is 21.6. The van der Waals surface area contributed by atoms with Gasteiger partial charge in [0, 0.05) is 10.9 Å². The lowest BCUT2D eigenvalue weighted by atomic mass is 10.0. The minimum absolute atomic E-state index is 0.129. The molecule has 152 valence electrons. The minimum Gasteiger partial charge on any atom is -0.267 e. The Kier molecular flexibility index (Phi) is 5.03. The molecule has 0 unspecified atom stereocenters. The van der Waals surface area contributed by atoms with Crippen LogP contribution in [-0.4, -0.2) is 9.78 Å². The molecular formula is C21H10Cl2F4N2O. The highest BCUT2D eigenvalue weighted by Gasteiger charge is 2.30. The fourth-order valence-electron chi connectivity index (χ4n) is 3.02. The number of nitrogens with zero attached hydrogens (tertiary/aromatic N) is 2. The van der Waals surface area contributed by atoms with E-state index in [-0.39, 0.29) is 21.1 Å². The molecule has 0 saturated heterocycles. The molecule has 0 aliphatic carbocycles. The van der Waals surface area contributed by atoms with E-state index in [9.17, 15) is 22.4 Å². The second-order valence-corrected chi connectivity index (χ2v) is 7.24. The van der Waals surface area contributed by atoms with Gasteiger partial charge in [0.05, 0.1) is 32.4 Å². The molecule has 0 bridgehead atoms. The van der Waals surface area contributed by atoms with Crippen molar-refractivity contribution in [3.05, 3.63) is 92.4 Å². The zero-order valence-electron chi connectivity index (χ0n) is 14.8. The summed E-state index contributed by atoms with van der Waals surface area (Å²) in [6.45, 7) is 0. The van der Waals surface area contributed by atoms with Crippen LogP contribution in [0.25, 0.3) is 27.7 Å². The number of aromatic nitrogens is 2. The summed E-state index contributed by atoms with van der Waals surface area (Å²) in [6.07, 6.45) is -4.51. The van der Waals surface area contributed by atoms with Crippen LogP contribution in [0.3, 0.4) is 0 Å². The van der Waals surface area contributed by atoms with E-state index in [1.54, 1.807) is 0 Å². The summed E-state index contributed by atoms with van der Waals surface area (Å²) in [6, 6.07) is 12.3. The van der Waals surface area contributed by atoms with E-state index < -0.39 is 23.1 Å². The van der Waals surface area contributed by atoms with Gasteiger partial charge >= 0.3 is 6.18 Å². The van der Waals surface area contributed by atoms with Crippen LogP contribution >= 0.6 is 23.2 Å². The SMILES string of the molecule is O=c1c2cc(Cl)c(Cl)cc2c(-c2ccc(F)cc2)nn1-c1ccc(C(F)(F)F)cc1. The fourth-order valence-corrected chi connectivity index (χ4v) is 3.35. The summed E-state index contributed by atoms with van der Waals surface area (Å²) < 4.78 is 53.0. The monoisotopic (exact) mass is 452 g/mol. The largest absolute Gasteiger partial charge is 0.416 e. The van der Waals surface area contributed by atoms with Crippen molar-refractivity contribution in [2.45, 2.75) is 6.18 Å². The van der Waals surface area contributed by atoms with E-state index in [4.69, 9.17) is 23.2 Å². The van der Waals surface area contributed by atoms with Gasteiger partial charge in [-0.3, -0.25) is 4.79 Å². The van der Waals surface area contributed by atoms with Crippen LogP contribution in [0.4, 0.5) is 17.6 Å². The highest BCUT2D eigenvalue weighted by Crippen LogP contribution is 2.33. The molecule has 1 heterocycles. The number of benzene rings is 3. The van der Waals surface area contributed by atoms with Gasteiger partial charge in [-0.05, 0) is 60.7 Å². The summed E-state index contributed by atoms with van der Waals surface area (Å²) in [5.41, 5.74) is -0.532. The van der Waals surface area contributed by atoms with Crippen molar-refractivity contribution in [3.63, 3.8) is 0 Å². The van der Waals surface area contributed by atoms with Gasteiger partial charge < -0.3 is 0 Å². The van der Waals surface area contributed by atoms with Crippen LogP contribution < -0.4 is 5.56 Å². The number of rotatable bonds is 2. The molecule has 4 rings (SSSR count). The van der Waals surface area contributed by atoms with Crippen molar-refractivity contribution in [2.24, 2.45) is 0 Å². The molecule has 0 N–H and O–H groups in total. The van der Waals surface area contributed by atoms with E-state index in [0.717, 1.165) is 28.9 Å². The quantitative estimate of drug-likeness (QED) is 0.324. The lowest BCUT2D eigenvalue weighted by Gasteiger charge is -2.13. The number of alkyl halides is 3. The van der Waals surface area contributed by atoms with Crippen LogP contribution in [0.2, 0.25) is 10.0 Å². The van der Waals surface area contributed by atoms with E-state index in [1.807, 2.05) is 0 Å². The highest BCUT2D eigenvalue weighted by molar-refractivity contribution is 6.43.